The Morgan fingerprint density at radius 1 is 1.37 bits per heavy atom. The number of rotatable bonds is 5. The highest BCUT2D eigenvalue weighted by molar-refractivity contribution is 5.64. The first-order valence-electron chi connectivity index (χ1n) is 6.61. The van der Waals surface area contributed by atoms with Gasteiger partial charge in [-0.25, -0.2) is 4.98 Å². The summed E-state index contributed by atoms with van der Waals surface area (Å²) in [4.78, 5) is 7.53. The molecule has 0 aliphatic heterocycles. The molecule has 0 amide bonds. The minimum absolute atomic E-state index is 0.183. The van der Waals surface area contributed by atoms with Gasteiger partial charge in [-0.1, -0.05) is 0 Å². The Labute approximate surface area is 114 Å². The zero-order valence-corrected chi connectivity index (χ0v) is 11.7. The van der Waals surface area contributed by atoms with Crippen LogP contribution in [0.5, 0.6) is 5.75 Å². The largest absolute Gasteiger partial charge is 0.491 e. The van der Waals surface area contributed by atoms with Crippen LogP contribution in [-0.4, -0.2) is 22.6 Å². The molecule has 0 bridgehead atoms. The Morgan fingerprint density at radius 2 is 2.16 bits per heavy atom. The summed E-state index contributed by atoms with van der Waals surface area (Å²) in [5.41, 5.74) is 9.88. The van der Waals surface area contributed by atoms with Crippen LogP contribution in [0.15, 0.2) is 24.5 Å². The van der Waals surface area contributed by atoms with Crippen molar-refractivity contribution < 1.29 is 4.74 Å². The van der Waals surface area contributed by atoms with Gasteiger partial charge in [-0.15, -0.1) is 0 Å². The van der Waals surface area contributed by atoms with E-state index in [0.29, 0.717) is 6.54 Å². The Kier molecular flexibility index (Phi) is 4.22. The number of aromatic amines is 1. The quantitative estimate of drug-likeness (QED) is 0.867. The minimum Gasteiger partial charge on any atom is -0.491 e. The Bertz CT molecular complexity index is 546. The molecular weight excluding hydrogens is 238 g/mol. The molecule has 4 nitrogen and oxygen atoms in total. The average molecular weight is 259 g/mol. The molecule has 2 aromatic rings. The normalized spacial score (nSPS) is 11.0. The number of nitrogens with zero attached hydrogens (tertiary/aromatic N) is 1. The molecule has 19 heavy (non-hydrogen) atoms. The lowest BCUT2D eigenvalue weighted by molar-refractivity contribution is 0.241. The van der Waals surface area contributed by atoms with E-state index < -0.39 is 0 Å². The first kappa shape index (κ1) is 13.6. The molecule has 102 valence electrons. The Balaban J connectivity index is 2.31. The SMILES string of the molecule is Cc1cc(-c2nc[nH]c2CCN)ccc1OC(C)C. The summed E-state index contributed by atoms with van der Waals surface area (Å²) in [5, 5.41) is 0. The predicted octanol–water partition coefficient (Wildman–Crippen LogP) is 2.67. The summed E-state index contributed by atoms with van der Waals surface area (Å²) in [5.74, 6) is 0.926. The standard InChI is InChI=1S/C15H21N3O/c1-10(2)19-14-5-4-12(8-11(14)3)15-13(6-7-16)17-9-18-15/h4-5,8-10H,6-7,16H2,1-3H3,(H,17,18). The van der Waals surface area contributed by atoms with E-state index in [1.807, 2.05) is 26.0 Å². The maximum absolute atomic E-state index is 5.75. The van der Waals surface area contributed by atoms with Gasteiger partial charge in [0.2, 0.25) is 0 Å². The monoisotopic (exact) mass is 259 g/mol. The summed E-state index contributed by atoms with van der Waals surface area (Å²) < 4.78 is 5.75. The topological polar surface area (TPSA) is 63.9 Å². The Hall–Kier alpha value is -1.81. The fourth-order valence-corrected chi connectivity index (χ4v) is 2.09. The second-order valence-corrected chi connectivity index (χ2v) is 4.92. The lowest BCUT2D eigenvalue weighted by Gasteiger charge is -2.13. The zero-order chi connectivity index (χ0) is 13.8. The van der Waals surface area contributed by atoms with Gasteiger partial charge in [0, 0.05) is 17.7 Å². The third-order valence-corrected chi connectivity index (χ3v) is 2.92. The van der Waals surface area contributed by atoms with E-state index in [-0.39, 0.29) is 6.10 Å². The summed E-state index contributed by atoms with van der Waals surface area (Å²) in [6.45, 7) is 6.72. The number of hydrogen-bond donors (Lipinski definition) is 2. The van der Waals surface area contributed by atoms with Gasteiger partial charge in [-0.3, -0.25) is 0 Å². The first-order valence-corrected chi connectivity index (χ1v) is 6.61. The van der Waals surface area contributed by atoms with E-state index in [2.05, 4.69) is 23.0 Å². The number of imidazole rings is 1. The van der Waals surface area contributed by atoms with Gasteiger partial charge in [0.1, 0.15) is 5.75 Å². The van der Waals surface area contributed by atoms with Crippen molar-refractivity contribution in [3.63, 3.8) is 0 Å². The van der Waals surface area contributed by atoms with Crippen LogP contribution in [0.2, 0.25) is 0 Å². The van der Waals surface area contributed by atoms with Crippen LogP contribution in [0.25, 0.3) is 11.3 Å². The molecule has 0 fully saturated rings. The van der Waals surface area contributed by atoms with Crippen molar-refractivity contribution in [2.75, 3.05) is 6.54 Å². The summed E-state index contributed by atoms with van der Waals surface area (Å²) in [6, 6.07) is 6.15. The van der Waals surface area contributed by atoms with Crippen molar-refractivity contribution in [1.29, 1.82) is 0 Å². The van der Waals surface area contributed by atoms with Crippen LogP contribution in [-0.2, 0) is 6.42 Å². The summed E-state index contributed by atoms with van der Waals surface area (Å²) >= 11 is 0. The van der Waals surface area contributed by atoms with Crippen molar-refractivity contribution in [1.82, 2.24) is 9.97 Å². The van der Waals surface area contributed by atoms with E-state index in [0.717, 1.165) is 34.7 Å². The molecule has 2 rings (SSSR count). The van der Waals surface area contributed by atoms with Gasteiger partial charge >= 0.3 is 0 Å². The fraction of sp³-hybridized carbons (Fsp3) is 0.400. The van der Waals surface area contributed by atoms with Crippen LogP contribution < -0.4 is 10.5 Å². The van der Waals surface area contributed by atoms with Gasteiger partial charge < -0.3 is 15.5 Å². The molecule has 0 aliphatic carbocycles. The molecule has 1 heterocycles. The predicted molar refractivity (Wildman–Crippen MR) is 77.3 cm³/mol. The molecule has 1 aromatic heterocycles. The van der Waals surface area contributed by atoms with Crippen molar-refractivity contribution in [2.45, 2.75) is 33.3 Å². The molecular formula is C15H21N3O. The molecule has 0 spiro atoms. The number of nitrogens with two attached hydrogens (primary N) is 1. The molecule has 3 N–H and O–H groups in total. The highest BCUT2D eigenvalue weighted by Gasteiger charge is 2.10. The van der Waals surface area contributed by atoms with E-state index in [1.165, 1.54) is 0 Å². The van der Waals surface area contributed by atoms with Crippen molar-refractivity contribution >= 4 is 0 Å². The minimum atomic E-state index is 0.183. The van der Waals surface area contributed by atoms with Crippen LogP contribution in [0.3, 0.4) is 0 Å². The third kappa shape index (κ3) is 3.15. The molecule has 0 saturated heterocycles. The number of hydrogen-bond acceptors (Lipinski definition) is 3. The average Bonchev–Trinajstić information content (AvgIpc) is 2.80. The number of nitrogens with one attached hydrogen (secondary N) is 1. The highest BCUT2D eigenvalue weighted by Crippen LogP contribution is 2.27. The second kappa shape index (κ2) is 5.89. The zero-order valence-electron chi connectivity index (χ0n) is 11.7. The van der Waals surface area contributed by atoms with Gasteiger partial charge in [0.05, 0.1) is 18.1 Å². The lowest BCUT2D eigenvalue weighted by Crippen LogP contribution is -2.06. The number of H-pyrrole nitrogens is 1. The third-order valence-electron chi connectivity index (χ3n) is 2.92. The van der Waals surface area contributed by atoms with E-state index in [1.54, 1.807) is 6.33 Å². The van der Waals surface area contributed by atoms with Crippen molar-refractivity contribution in [3.8, 4) is 17.0 Å². The summed E-state index contributed by atoms with van der Waals surface area (Å²) in [7, 11) is 0. The van der Waals surface area contributed by atoms with E-state index >= 15 is 0 Å². The highest BCUT2D eigenvalue weighted by atomic mass is 16.5. The molecule has 0 aliphatic rings. The molecule has 1 aromatic carbocycles. The van der Waals surface area contributed by atoms with Crippen LogP contribution in [0.4, 0.5) is 0 Å². The second-order valence-electron chi connectivity index (χ2n) is 4.92. The van der Waals surface area contributed by atoms with E-state index in [9.17, 15) is 0 Å². The van der Waals surface area contributed by atoms with Gasteiger partial charge in [0.15, 0.2) is 0 Å². The van der Waals surface area contributed by atoms with E-state index in [4.69, 9.17) is 10.5 Å². The van der Waals surface area contributed by atoms with Crippen molar-refractivity contribution in [2.24, 2.45) is 5.73 Å². The van der Waals surface area contributed by atoms with Crippen molar-refractivity contribution in [3.05, 3.63) is 35.8 Å². The molecule has 0 atom stereocenters. The smallest absolute Gasteiger partial charge is 0.122 e. The molecule has 0 saturated carbocycles. The number of aryl methyl sites for hydroxylation is 1. The van der Waals surface area contributed by atoms with Gasteiger partial charge in [-0.2, -0.15) is 0 Å². The molecule has 4 heteroatoms. The first-order chi connectivity index (χ1) is 9.11. The number of ether oxygens (including phenoxy) is 1. The lowest BCUT2D eigenvalue weighted by atomic mass is 10.1. The summed E-state index contributed by atoms with van der Waals surface area (Å²) in [6.07, 6.45) is 2.70. The van der Waals surface area contributed by atoms with Crippen LogP contribution >= 0.6 is 0 Å². The van der Waals surface area contributed by atoms with Crippen LogP contribution in [0.1, 0.15) is 25.1 Å². The fourth-order valence-electron chi connectivity index (χ4n) is 2.09. The maximum Gasteiger partial charge on any atom is 0.122 e. The number of aromatic nitrogens is 2. The molecule has 0 radical (unpaired) electrons. The van der Waals surface area contributed by atoms with Crippen LogP contribution in [0, 0.1) is 6.92 Å². The molecule has 0 unspecified atom stereocenters. The maximum atomic E-state index is 5.75. The number of benzene rings is 1. The van der Waals surface area contributed by atoms with Gasteiger partial charge in [0.25, 0.3) is 0 Å². The van der Waals surface area contributed by atoms with Gasteiger partial charge in [-0.05, 0) is 51.1 Å². The Morgan fingerprint density at radius 3 is 2.79 bits per heavy atom.